The molecule has 2 N–H and O–H groups in total. The summed E-state index contributed by atoms with van der Waals surface area (Å²) in [5.41, 5.74) is 6.30. The van der Waals surface area contributed by atoms with Gasteiger partial charge in [0.25, 0.3) is 0 Å². The van der Waals surface area contributed by atoms with Crippen LogP contribution in [0.3, 0.4) is 0 Å². The van der Waals surface area contributed by atoms with Gasteiger partial charge in [0.05, 0.1) is 23.5 Å². The van der Waals surface area contributed by atoms with Gasteiger partial charge in [0.1, 0.15) is 0 Å². The summed E-state index contributed by atoms with van der Waals surface area (Å²) in [6, 6.07) is 32.4. The normalized spacial score (nSPS) is 16.8. The van der Waals surface area contributed by atoms with E-state index in [2.05, 4.69) is 87.5 Å². The summed E-state index contributed by atoms with van der Waals surface area (Å²) >= 11 is 5.86. The molecule has 40 heavy (non-hydrogen) atoms. The van der Waals surface area contributed by atoms with E-state index in [1.807, 2.05) is 54.7 Å². The van der Waals surface area contributed by atoms with Crippen LogP contribution >= 0.6 is 12.2 Å². The monoisotopic (exact) mass is 545 g/mol. The molecule has 1 saturated heterocycles. The molecule has 1 fully saturated rings. The number of carbonyl (C=O) groups excluding carboxylic acids is 1. The minimum Gasteiger partial charge on any atom is -0.352 e. The number of fused-ring (bicyclic) bond motifs is 1. The first-order valence-corrected chi connectivity index (χ1v) is 13.9. The van der Waals surface area contributed by atoms with Gasteiger partial charge in [-0.3, -0.25) is 9.78 Å². The molecule has 1 aliphatic heterocycles. The second-order valence-electron chi connectivity index (χ2n) is 10.1. The molecule has 2 aromatic heterocycles. The number of rotatable bonds is 7. The van der Waals surface area contributed by atoms with E-state index in [-0.39, 0.29) is 18.0 Å². The third kappa shape index (κ3) is 4.84. The number of benzene rings is 3. The van der Waals surface area contributed by atoms with Gasteiger partial charge in [0.2, 0.25) is 5.91 Å². The second-order valence-corrected chi connectivity index (χ2v) is 10.5. The zero-order chi connectivity index (χ0) is 27.6. The summed E-state index contributed by atoms with van der Waals surface area (Å²) in [5.74, 6) is -0.0461. The Kier molecular flexibility index (Phi) is 7.05. The summed E-state index contributed by atoms with van der Waals surface area (Å²) in [6.07, 6.45) is 2.12. The molecule has 7 heteroatoms. The molecule has 0 spiro atoms. The van der Waals surface area contributed by atoms with E-state index in [1.54, 1.807) is 0 Å². The lowest BCUT2D eigenvalue weighted by Crippen LogP contribution is -2.32. The van der Waals surface area contributed by atoms with E-state index in [0.717, 1.165) is 34.0 Å². The number of aromatic nitrogens is 2. The molecule has 3 aromatic carbocycles. The smallest absolute Gasteiger partial charge is 0.226 e. The van der Waals surface area contributed by atoms with Crippen molar-refractivity contribution >= 4 is 39.7 Å². The van der Waals surface area contributed by atoms with Crippen LogP contribution in [-0.4, -0.2) is 32.0 Å². The molecule has 6 rings (SSSR count). The van der Waals surface area contributed by atoms with Crippen LogP contribution in [0.25, 0.3) is 16.5 Å². The number of nitrogens with zero attached hydrogens (tertiary/aromatic N) is 3. The van der Waals surface area contributed by atoms with E-state index in [0.29, 0.717) is 18.1 Å². The minimum absolute atomic E-state index is 0.0461. The van der Waals surface area contributed by atoms with Crippen molar-refractivity contribution in [3.8, 4) is 5.69 Å². The average molecular weight is 546 g/mol. The molecule has 5 aromatic rings. The molecule has 2 atom stereocenters. The van der Waals surface area contributed by atoms with E-state index in [9.17, 15) is 4.79 Å². The van der Waals surface area contributed by atoms with Crippen molar-refractivity contribution < 1.29 is 4.79 Å². The van der Waals surface area contributed by atoms with E-state index in [4.69, 9.17) is 12.2 Å². The summed E-state index contributed by atoms with van der Waals surface area (Å²) in [6.45, 7) is 4.80. The van der Waals surface area contributed by atoms with Gasteiger partial charge in [-0.2, -0.15) is 0 Å². The van der Waals surface area contributed by atoms with Gasteiger partial charge in [-0.15, -0.1) is 0 Å². The minimum atomic E-state index is -0.146. The predicted molar refractivity (Wildman–Crippen MR) is 165 cm³/mol. The standard InChI is InChI=1S/C33H31N5OS/c1-22-21-27(23(2)38(22)29-17-10-12-24-11-6-7-15-26(24)29)32-31(28-16-8-9-19-34-28)36-33(40)37(32)20-18-30(39)35-25-13-4-3-5-14-25/h3-17,19,21,31-32H,18,20H2,1-2H3,(H,35,39)(H,36,40). The number of thiocarbonyl (C=S) groups is 1. The lowest BCUT2D eigenvalue weighted by molar-refractivity contribution is -0.116. The fourth-order valence-electron chi connectivity index (χ4n) is 5.81. The molecule has 1 amide bonds. The fraction of sp³-hybridized carbons (Fsp3) is 0.182. The third-order valence-electron chi connectivity index (χ3n) is 7.63. The third-order valence-corrected chi connectivity index (χ3v) is 7.98. The highest BCUT2D eigenvalue weighted by Gasteiger charge is 2.41. The molecule has 0 bridgehead atoms. The number of aryl methyl sites for hydroxylation is 1. The number of amides is 1. The quantitative estimate of drug-likeness (QED) is 0.225. The van der Waals surface area contributed by atoms with Gasteiger partial charge in [-0.05, 0) is 73.4 Å². The number of nitrogens with one attached hydrogen (secondary N) is 2. The molecule has 200 valence electrons. The van der Waals surface area contributed by atoms with Crippen LogP contribution in [0.1, 0.15) is 41.1 Å². The Morgan fingerprint density at radius 3 is 2.50 bits per heavy atom. The van der Waals surface area contributed by atoms with Crippen LogP contribution < -0.4 is 10.6 Å². The SMILES string of the molecule is Cc1cc(C2C(c3ccccn3)NC(=S)N2CCC(=O)Nc2ccccc2)c(C)n1-c1cccc2ccccc12. The highest BCUT2D eigenvalue weighted by Crippen LogP contribution is 2.42. The Balaban J connectivity index is 1.37. The first kappa shape index (κ1) is 25.8. The lowest BCUT2D eigenvalue weighted by atomic mass is 9.96. The largest absolute Gasteiger partial charge is 0.352 e. The predicted octanol–water partition coefficient (Wildman–Crippen LogP) is 6.64. The Morgan fingerprint density at radius 2 is 1.70 bits per heavy atom. The van der Waals surface area contributed by atoms with Crippen molar-refractivity contribution in [1.29, 1.82) is 0 Å². The van der Waals surface area contributed by atoms with Crippen molar-refractivity contribution in [2.24, 2.45) is 0 Å². The molecular formula is C33H31N5OS. The molecule has 0 saturated carbocycles. The maximum Gasteiger partial charge on any atom is 0.226 e. The topological polar surface area (TPSA) is 62.2 Å². The van der Waals surface area contributed by atoms with Crippen LogP contribution in [0.4, 0.5) is 5.69 Å². The second kappa shape index (κ2) is 10.9. The van der Waals surface area contributed by atoms with E-state index in [1.165, 1.54) is 10.8 Å². The van der Waals surface area contributed by atoms with Gasteiger partial charge < -0.3 is 20.1 Å². The van der Waals surface area contributed by atoms with Gasteiger partial charge in [0.15, 0.2) is 5.11 Å². The van der Waals surface area contributed by atoms with E-state index < -0.39 is 0 Å². The Morgan fingerprint density at radius 1 is 0.950 bits per heavy atom. The summed E-state index contributed by atoms with van der Waals surface area (Å²) in [5, 5.41) is 9.55. The number of hydrogen-bond acceptors (Lipinski definition) is 3. The van der Waals surface area contributed by atoms with Crippen molar-refractivity contribution in [2.75, 3.05) is 11.9 Å². The number of carbonyl (C=O) groups is 1. The summed E-state index contributed by atoms with van der Waals surface area (Å²) in [7, 11) is 0. The van der Waals surface area contributed by atoms with Gasteiger partial charge in [-0.25, -0.2) is 0 Å². The van der Waals surface area contributed by atoms with Crippen molar-refractivity contribution in [3.05, 3.63) is 126 Å². The number of pyridine rings is 1. The van der Waals surface area contributed by atoms with Crippen LogP contribution in [0.2, 0.25) is 0 Å². The first-order valence-electron chi connectivity index (χ1n) is 13.5. The maximum absolute atomic E-state index is 12.9. The van der Waals surface area contributed by atoms with Gasteiger partial charge in [0, 0.05) is 41.6 Å². The number of anilines is 1. The number of hydrogen-bond donors (Lipinski definition) is 2. The molecular weight excluding hydrogens is 514 g/mol. The van der Waals surface area contributed by atoms with Crippen molar-refractivity contribution in [1.82, 2.24) is 19.8 Å². The molecule has 0 aliphatic carbocycles. The van der Waals surface area contributed by atoms with Crippen molar-refractivity contribution in [2.45, 2.75) is 32.4 Å². The van der Waals surface area contributed by atoms with Crippen molar-refractivity contribution in [3.63, 3.8) is 0 Å². The molecule has 3 heterocycles. The van der Waals surface area contributed by atoms with E-state index >= 15 is 0 Å². The molecule has 0 radical (unpaired) electrons. The van der Waals surface area contributed by atoms with Crippen LogP contribution in [0.15, 0.2) is 103 Å². The van der Waals surface area contributed by atoms with Crippen LogP contribution in [0, 0.1) is 13.8 Å². The highest BCUT2D eigenvalue weighted by atomic mass is 32.1. The summed E-state index contributed by atoms with van der Waals surface area (Å²) in [4.78, 5) is 19.7. The maximum atomic E-state index is 12.9. The highest BCUT2D eigenvalue weighted by molar-refractivity contribution is 7.80. The fourth-order valence-corrected chi connectivity index (χ4v) is 6.14. The zero-order valence-corrected chi connectivity index (χ0v) is 23.4. The first-order chi connectivity index (χ1) is 19.5. The zero-order valence-electron chi connectivity index (χ0n) is 22.5. The molecule has 6 nitrogen and oxygen atoms in total. The Hall–Kier alpha value is -4.49. The summed E-state index contributed by atoms with van der Waals surface area (Å²) < 4.78 is 2.33. The van der Waals surface area contributed by atoms with Crippen LogP contribution in [-0.2, 0) is 4.79 Å². The number of para-hydroxylation sites is 1. The Bertz CT molecular complexity index is 1680. The Labute approximate surface area is 239 Å². The van der Waals surface area contributed by atoms with Gasteiger partial charge in [-0.1, -0.05) is 60.7 Å². The molecule has 2 unspecified atom stereocenters. The lowest BCUT2D eigenvalue weighted by Gasteiger charge is -2.28. The van der Waals surface area contributed by atoms with Crippen LogP contribution in [0.5, 0.6) is 0 Å². The van der Waals surface area contributed by atoms with Gasteiger partial charge >= 0.3 is 0 Å². The molecule has 1 aliphatic rings. The average Bonchev–Trinajstić information content (AvgIpc) is 3.46.